The monoisotopic (exact) mass is 546 g/mol. The summed E-state index contributed by atoms with van der Waals surface area (Å²) < 4.78 is 0. The van der Waals surface area contributed by atoms with Gasteiger partial charge in [0.25, 0.3) is 0 Å². The van der Waals surface area contributed by atoms with E-state index in [2.05, 4.69) is 54.6 Å². The second-order valence-electron chi connectivity index (χ2n) is 11.4. The molecule has 2 saturated heterocycles. The Morgan fingerprint density at radius 2 is 2.00 bits per heavy atom. The molecule has 1 unspecified atom stereocenters. The van der Waals surface area contributed by atoms with Crippen molar-refractivity contribution in [2.75, 3.05) is 33.2 Å². The molecule has 0 saturated carbocycles. The first-order valence-corrected chi connectivity index (χ1v) is 15.8. The van der Waals surface area contributed by atoms with Crippen molar-refractivity contribution < 1.29 is 0 Å². The van der Waals surface area contributed by atoms with Crippen molar-refractivity contribution in [2.45, 2.75) is 96.4 Å². The molecule has 2 atom stereocenters. The van der Waals surface area contributed by atoms with Gasteiger partial charge in [0.05, 0.1) is 17.8 Å². The zero-order valence-electron chi connectivity index (χ0n) is 24.3. The highest BCUT2D eigenvalue weighted by Crippen LogP contribution is 2.43. The molecule has 1 aliphatic carbocycles. The number of aliphatic imine (C=N–C) groups is 2. The third-order valence-electron chi connectivity index (χ3n) is 8.87. The maximum Gasteiger partial charge on any atom is 0.129 e. The third kappa shape index (κ3) is 7.15. The molecule has 0 amide bonds. The van der Waals surface area contributed by atoms with Crippen LogP contribution in [0.4, 0.5) is 0 Å². The lowest BCUT2D eigenvalue weighted by Crippen LogP contribution is -2.25. The van der Waals surface area contributed by atoms with E-state index < -0.39 is 0 Å². The van der Waals surface area contributed by atoms with Crippen LogP contribution < -0.4 is 0 Å². The van der Waals surface area contributed by atoms with Crippen molar-refractivity contribution in [3.63, 3.8) is 0 Å². The van der Waals surface area contributed by atoms with Crippen molar-refractivity contribution in [1.82, 2.24) is 9.80 Å². The molecule has 7 heteroatoms. The van der Waals surface area contributed by atoms with Gasteiger partial charge < -0.3 is 15.2 Å². The Morgan fingerprint density at radius 3 is 2.67 bits per heavy atom. The molecule has 3 aliphatic rings. The summed E-state index contributed by atoms with van der Waals surface area (Å²) >= 11 is 1.73. The van der Waals surface area contributed by atoms with Crippen LogP contribution in [0.1, 0.15) is 100.0 Å². The summed E-state index contributed by atoms with van der Waals surface area (Å²) in [5.41, 5.74) is 6.11. The normalized spacial score (nSPS) is 23.0. The second kappa shape index (κ2) is 14.2. The molecule has 1 N–H and O–H groups in total. The van der Waals surface area contributed by atoms with Gasteiger partial charge in [-0.1, -0.05) is 18.9 Å². The Balaban J connectivity index is 1.58. The minimum atomic E-state index is 0.240. The number of nitriles is 1. The molecule has 0 spiro atoms. The molecule has 0 bridgehead atoms. The predicted octanol–water partition coefficient (Wildman–Crippen LogP) is 7.13. The van der Waals surface area contributed by atoms with Crippen LogP contribution >= 0.6 is 11.3 Å². The molecule has 2 fully saturated rings. The third-order valence-corrected chi connectivity index (χ3v) is 9.93. The fourth-order valence-electron chi connectivity index (χ4n) is 6.62. The summed E-state index contributed by atoms with van der Waals surface area (Å²) in [6, 6.07) is 3.04. The van der Waals surface area contributed by atoms with Crippen LogP contribution in [0, 0.1) is 16.7 Å². The summed E-state index contributed by atoms with van der Waals surface area (Å²) in [7, 11) is 2.23. The van der Waals surface area contributed by atoms with Gasteiger partial charge in [0.1, 0.15) is 11.9 Å². The van der Waals surface area contributed by atoms with Crippen LogP contribution in [0.15, 0.2) is 38.4 Å². The SMILES string of the molecule is C=N/C(=C\C(CC[C@@H]1CCCN1C)=NCC(=N)/C(CCC)=C(\C)C1CCCc2scc(C#N)c21)N1CCCC1. The quantitative estimate of drug-likeness (QED) is 0.283. The summed E-state index contributed by atoms with van der Waals surface area (Å²) in [6.07, 6.45) is 14.2. The van der Waals surface area contributed by atoms with E-state index in [1.807, 2.05) is 5.38 Å². The van der Waals surface area contributed by atoms with E-state index in [1.54, 1.807) is 11.3 Å². The van der Waals surface area contributed by atoms with Gasteiger partial charge in [0, 0.05) is 47.1 Å². The van der Waals surface area contributed by atoms with Crippen LogP contribution in [0.3, 0.4) is 0 Å². The lowest BCUT2D eigenvalue weighted by atomic mass is 9.78. The number of hydrogen-bond donors (Lipinski definition) is 1. The smallest absolute Gasteiger partial charge is 0.129 e. The van der Waals surface area contributed by atoms with E-state index in [4.69, 9.17) is 10.4 Å². The van der Waals surface area contributed by atoms with Crippen molar-refractivity contribution in [3.05, 3.63) is 44.4 Å². The maximum atomic E-state index is 9.75. The lowest BCUT2D eigenvalue weighted by molar-refractivity contribution is 0.299. The van der Waals surface area contributed by atoms with Gasteiger partial charge in [-0.3, -0.25) is 4.99 Å². The zero-order valence-corrected chi connectivity index (χ0v) is 25.1. The van der Waals surface area contributed by atoms with E-state index in [9.17, 15) is 5.26 Å². The van der Waals surface area contributed by atoms with E-state index in [1.165, 1.54) is 48.2 Å². The molecule has 39 heavy (non-hydrogen) atoms. The topological polar surface area (TPSA) is 78.8 Å². The van der Waals surface area contributed by atoms with E-state index in [0.29, 0.717) is 18.3 Å². The number of nitrogens with one attached hydrogen (secondary N) is 1. The van der Waals surface area contributed by atoms with Crippen LogP contribution in [0.2, 0.25) is 0 Å². The average molecular weight is 547 g/mol. The predicted molar refractivity (Wildman–Crippen MR) is 166 cm³/mol. The molecule has 210 valence electrons. The molecule has 0 aromatic carbocycles. The molecule has 2 aliphatic heterocycles. The van der Waals surface area contributed by atoms with E-state index >= 15 is 0 Å². The highest BCUT2D eigenvalue weighted by Gasteiger charge is 2.28. The fraction of sp³-hybridized carbons (Fsp3) is 0.625. The maximum absolute atomic E-state index is 9.75. The highest BCUT2D eigenvalue weighted by atomic mass is 32.1. The van der Waals surface area contributed by atoms with Crippen LogP contribution in [0.5, 0.6) is 0 Å². The minimum absolute atomic E-state index is 0.240. The first kappa shape index (κ1) is 29.4. The number of allylic oxidation sites excluding steroid dienone is 2. The standard InChI is InChI=1S/C32H46N6S/c1-5-10-27(23(2)28-12-8-13-30-32(28)24(20-33)22-39-30)29(34)21-36-25(14-15-26-11-9-16-37(26)4)19-31(35-3)38-17-6-7-18-38/h19,22,26,28,34H,3,5-18,21H2,1-2,4H3/b27-23+,31-19+,34-29?,36-25?/t26-,28?/m0/s1. The van der Waals surface area contributed by atoms with Crippen LogP contribution in [-0.2, 0) is 6.42 Å². The van der Waals surface area contributed by atoms with Gasteiger partial charge in [-0.15, -0.1) is 11.3 Å². The lowest BCUT2D eigenvalue weighted by Gasteiger charge is -2.27. The number of fused-ring (bicyclic) bond motifs is 1. The molecule has 1 aromatic rings. The van der Waals surface area contributed by atoms with E-state index in [-0.39, 0.29) is 5.92 Å². The first-order valence-electron chi connectivity index (χ1n) is 14.9. The Hall–Kier alpha value is -2.56. The van der Waals surface area contributed by atoms with Gasteiger partial charge >= 0.3 is 0 Å². The number of likely N-dealkylation sites (tertiary alicyclic amines) is 2. The fourth-order valence-corrected chi connectivity index (χ4v) is 7.70. The number of rotatable bonds is 12. The summed E-state index contributed by atoms with van der Waals surface area (Å²) in [6.45, 7) is 11.9. The molecule has 0 radical (unpaired) electrons. The van der Waals surface area contributed by atoms with Gasteiger partial charge in [0.2, 0.25) is 0 Å². The number of thiophene rings is 1. The Morgan fingerprint density at radius 1 is 1.21 bits per heavy atom. The Kier molecular flexibility index (Phi) is 10.7. The van der Waals surface area contributed by atoms with Crippen molar-refractivity contribution in [2.24, 2.45) is 9.98 Å². The molecule has 3 heterocycles. The van der Waals surface area contributed by atoms with Crippen molar-refractivity contribution in [1.29, 1.82) is 10.7 Å². The zero-order chi connectivity index (χ0) is 27.8. The molecule has 6 nitrogen and oxygen atoms in total. The number of nitrogens with zero attached hydrogens (tertiary/aromatic N) is 5. The second-order valence-corrected chi connectivity index (χ2v) is 12.4. The van der Waals surface area contributed by atoms with Crippen LogP contribution in [0.25, 0.3) is 0 Å². The van der Waals surface area contributed by atoms with Crippen molar-refractivity contribution in [3.8, 4) is 6.07 Å². The molecular weight excluding hydrogens is 500 g/mol. The Bertz CT molecular complexity index is 1160. The van der Waals surface area contributed by atoms with Gasteiger partial charge in [-0.2, -0.15) is 5.26 Å². The first-order chi connectivity index (χ1) is 19.0. The largest absolute Gasteiger partial charge is 0.357 e. The van der Waals surface area contributed by atoms with Gasteiger partial charge in [-0.25, -0.2) is 4.99 Å². The van der Waals surface area contributed by atoms with Gasteiger partial charge in [-0.05, 0) is 103 Å². The Labute approximate surface area is 239 Å². The summed E-state index contributed by atoms with van der Waals surface area (Å²) in [4.78, 5) is 15.6. The molecule has 1 aromatic heterocycles. The van der Waals surface area contributed by atoms with Gasteiger partial charge in [0.15, 0.2) is 0 Å². The van der Waals surface area contributed by atoms with Crippen LogP contribution in [-0.4, -0.2) is 67.2 Å². The van der Waals surface area contributed by atoms with Crippen molar-refractivity contribution >= 4 is 29.5 Å². The highest BCUT2D eigenvalue weighted by molar-refractivity contribution is 7.10. The summed E-state index contributed by atoms with van der Waals surface area (Å²) in [5, 5.41) is 20.9. The minimum Gasteiger partial charge on any atom is -0.357 e. The number of aryl methyl sites for hydroxylation is 1. The average Bonchev–Trinajstić information content (AvgIpc) is 3.72. The van der Waals surface area contributed by atoms with E-state index in [0.717, 1.165) is 80.7 Å². The molecular formula is C32H46N6S. The molecule has 4 rings (SSSR count). The summed E-state index contributed by atoms with van der Waals surface area (Å²) in [5.74, 6) is 1.17. The number of hydrogen-bond acceptors (Lipinski definition) is 7.